The summed E-state index contributed by atoms with van der Waals surface area (Å²) in [4.78, 5) is 25.8. The van der Waals surface area contributed by atoms with Crippen LogP contribution in [-0.2, 0) is 11.2 Å². The lowest BCUT2D eigenvalue weighted by Gasteiger charge is -2.20. The summed E-state index contributed by atoms with van der Waals surface area (Å²) in [5, 5.41) is 21.7. The fourth-order valence-electron chi connectivity index (χ4n) is 3.16. The number of carbonyl (C=O) groups excluding carboxylic acids is 1. The number of rotatable bonds is 9. The number of non-ortho nitro benzene ring substituents is 1. The number of fused-ring (bicyclic) bond motifs is 1. The van der Waals surface area contributed by atoms with Gasteiger partial charge in [0.2, 0.25) is 11.8 Å². The van der Waals surface area contributed by atoms with E-state index in [-0.39, 0.29) is 23.9 Å². The van der Waals surface area contributed by atoms with Gasteiger partial charge in [-0.3, -0.25) is 14.9 Å². The first kappa shape index (κ1) is 19.5. The van der Waals surface area contributed by atoms with Crippen molar-refractivity contribution in [3.05, 3.63) is 70.1 Å². The molecule has 1 amide bonds. The van der Waals surface area contributed by atoms with Gasteiger partial charge in [-0.1, -0.05) is 30.3 Å². The number of aliphatic hydroxyl groups is 1. The summed E-state index contributed by atoms with van der Waals surface area (Å²) >= 11 is 0. The van der Waals surface area contributed by atoms with Crippen molar-refractivity contribution in [2.24, 2.45) is 11.7 Å². The zero-order chi connectivity index (χ0) is 20.1. The number of hydrogen-bond donors (Lipinski definition) is 2. The maximum absolute atomic E-state index is 11.2. The Morgan fingerprint density at radius 2 is 1.96 bits per heavy atom. The van der Waals surface area contributed by atoms with Crippen LogP contribution in [0.15, 0.2) is 52.9 Å². The molecule has 3 aromatic rings. The number of amides is 1. The summed E-state index contributed by atoms with van der Waals surface area (Å²) in [6.45, 7) is 0. The number of aliphatic hydroxyl groups excluding tert-OH is 1. The molecule has 0 aliphatic rings. The fourth-order valence-corrected chi connectivity index (χ4v) is 3.16. The second-order valence-corrected chi connectivity index (χ2v) is 6.70. The highest BCUT2D eigenvalue weighted by Crippen LogP contribution is 2.32. The third-order valence-electron chi connectivity index (χ3n) is 4.71. The van der Waals surface area contributed by atoms with Gasteiger partial charge in [-0.05, 0) is 36.8 Å². The second kappa shape index (κ2) is 8.62. The summed E-state index contributed by atoms with van der Waals surface area (Å²) in [6.07, 6.45) is 0.809. The van der Waals surface area contributed by atoms with Gasteiger partial charge in [-0.2, -0.15) is 0 Å². The highest BCUT2D eigenvalue weighted by molar-refractivity contribution is 5.75. The Morgan fingerprint density at radius 3 is 2.64 bits per heavy atom. The molecule has 0 aliphatic heterocycles. The maximum atomic E-state index is 11.2. The van der Waals surface area contributed by atoms with Crippen LogP contribution in [0.5, 0.6) is 0 Å². The number of nitrogens with two attached hydrogens (primary N) is 1. The number of oxazole rings is 1. The van der Waals surface area contributed by atoms with Crippen LogP contribution >= 0.6 is 0 Å². The van der Waals surface area contributed by atoms with E-state index in [9.17, 15) is 20.0 Å². The van der Waals surface area contributed by atoms with Gasteiger partial charge in [0, 0.05) is 18.6 Å². The number of nitrogens with zero attached hydrogens (tertiary/aromatic N) is 2. The Bertz CT molecular complexity index is 970. The normalized spacial score (nSPS) is 13.3. The van der Waals surface area contributed by atoms with Crippen LogP contribution in [0, 0.1) is 16.0 Å². The quantitative estimate of drug-likeness (QED) is 0.430. The van der Waals surface area contributed by atoms with E-state index in [1.165, 1.54) is 18.2 Å². The minimum atomic E-state index is -1.05. The Kier molecular flexibility index (Phi) is 6.00. The van der Waals surface area contributed by atoms with Crippen molar-refractivity contribution in [2.45, 2.75) is 31.8 Å². The van der Waals surface area contributed by atoms with E-state index in [2.05, 4.69) is 4.98 Å². The van der Waals surface area contributed by atoms with Crippen molar-refractivity contribution in [1.29, 1.82) is 0 Å². The van der Waals surface area contributed by atoms with E-state index in [0.717, 1.165) is 5.56 Å². The Morgan fingerprint density at radius 1 is 1.21 bits per heavy atom. The molecular formula is C20H21N3O5. The maximum Gasteiger partial charge on any atom is 0.271 e. The van der Waals surface area contributed by atoms with Crippen LogP contribution in [0.1, 0.15) is 36.8 Å². The van der Waals surface area contributed by atoms with Gasteiger partial charge in [-0.25, -0.2) is 4.98 Å². The van der Waals surface area contributed by atoms with E-state index in [0.29, 0.717) is 30.4 Å². The Balaban J connectivity index is 1.80. The van der Waals surface area contributed by atoms with Crippen LogP contribution in [0.2, 0.25) is 0 Å². The van der Waals surface area contributed by atoms with Gasteiger partial charge in [-0.15, -0.1) is 0 Å². The molecule has 28 heavy (non-hydrogen) atoms. The van der Waals surface area contributed by atoms with Gasteiger partial charge in [0.25, 0.3) is 5.69 Å². The minimum absolute atomic E-state index is 0.0815. The largest absolute Gasteiger partial charge is 0.438 e. The zero-order valence-corrected chi connectivity index (χ0v) is 15.2. The lowest BCUT2D eigenvalue weighted by molar-refractivity contribution is -0.384. The first-order chi connectivity index (χ1) is 13.4. The van der Waals surface area contributed by atoms with Gasteiger partial charge in [0.05, 0.1) is 4.92 Å². The van der Waals surface area contributed by atoms with Crippen LogP contribution in [0.3, 0.4) is 0 Å². The predicted molar refractivity (Wildman–Crippen MR) is 102 cm³/mol. The Labute approximate surface area is 161 Å². The monoisotopic (exact) mass is 383 g/mol. The predicted octanol–water partition coefficient (Wildman–Crippen LogP) is 3.28. The molecule has 0 radical (unpaired) electrons. The summed E-state index contributed by atoms with van der Waals surface area (Å²) in [5.41, 5.74) is 6.95. The smallest absolute Gasteiger partial charge is 0.271 e. The molecule has 0 aliphatic carbocycles. The van der Waals surface area contributed by atoms with E-state index in [1.54, 1.807) is 0 Å². The molecule has 2 atom stereocenters. The molecule has 1 heterocycles. The molecule has 2 aromatic carbocycles. The average Bonchev–Trinajstić information content (AvgIpc) is 3.11. The third kappa shape index (κ3) is 4.72. The number of carbonyl (C=O) groups is 1. The van der Waals surface area contributed by atoms with Crippen molar-refractivity contribution < 1.29 is 19.2 Å². The second-order valence-electron chi connectivity index (χ2n) is 6.70. The first-order valence-corrected chi connectivity index (χ1v) is 8.99. The highest BCUT2D eigenvalue weighted by atomic mass is 16.6. The zero-order valence-electron chi connectivity index (χ0n) is 15.2. The number of benzene rings is 2. The van der Waals surface area contributed by atoms with Gasteiger partial charge >= 0.3 is 0 Å². The topological polar surface area (TPSA) is 132 Å². The molecule has 1 unspecified atom stereocenters. The summed E-state index contributed by atoms with van der Waals surface area (Å²) in [7, 11) is 0. The molecule has 146 valence electrons. The summed E-state index contributed by atoms with van der Waals surface area (Å²) in [6, 6.07) is 13.9. The number of nitro benzene ring substituents is 1. The number of aryl methyl sites for hydroxylation is 1. The van der Waals surface area contributed by atoms with Gasteiger partial charge < -0.3 is 15.3 Å². The molecule has 0 fully saturated rings. The number of nitro groups is 1. The average molecular weight is 383 g/mol. The number of hydrogen-bond acceptors (Lipinski definition) is 6. The molecule has 1 aromatic heterocycles. The first-order valence-electron chi connectivity index (χ1n) is 8.99. The molecule has 8 heteroatoms. The lowest BCUT2D eigenvalue weighted by Crippen LogP contribution is -2.18. The summed E-state index contributed by atoms with van der Waals surface area (Å²) in [5.74, 6) is -0.654. The standard InChI is InChI=1S/C20H21N3O5/c21-18(24)11-8-14(7-6-13-4-2-1-3-5-13)19(25)20-22-16-12-15(23(26)27)9-10-17(16)28-20/h1-5,9-10,12,14,19,25H,6-8,11H2,(H2,21,24)/t14-,19?/m0/s1. The fraction of sp³-hybridized carbons (Fsp3) is 0.300. The van der Waals surface area contributed by atoms with E-state index < -0.39 is 16.9 Å². The molecule has 0 saturated carbocycles. The SMILES string of the molecule is NC(=O)CC[C@H](CCc1ccccc1)C(O)c1nc2cc([N+](=O)[O-])ccc2o1. The third-order valence-corrected chi connectivity index (χ3v) is 4.71. The van der Waals surface area contributed by atoms with Gasteiger partial charge in [0.15, 0.2) is 5.58 Å². The molecule has 0 bridgehead atoms. The Hall–Kier alpha value is -3.26. The highest BCUT2D eigenvalue weighted by Gasteiger charge is 2.26. The number of aromatic nitrogens is 1. The molecule has 0 saturated heterocycles. The van der Waals surface area contributed by atoms with E-state index >= 15 is 0 Å². The van der Waals surface area contributed by atoms with Crippen molar-refractivity contribution >= 4 is 22.7 Å². The van der Waals surface area contributed by atoms with Crippen molar-refractivity contribution in [2.75, 3.05) is 0 Å². The lowest BCUT2D eigenvalue weighted by atomic mass is 9.90. The number of primary amides is 1. The molecule has 8 nitrogen and oxygen atoms in total. The molecule has 3 N–H and O–H groups in total. The molecule has 0 spiro atoms. The molecular weight excluding hydrogens is 362 g/mol. The van der Waals surface area contributed by atoms with E-state index in [1.807, 2.05) is 30.3 Å². The van der Waals surface area contributed by atoms with Crippen LogP contribution < -0.4 is 5.73 Å². The van der Waals surface area contributed by atoms with Gasteiger partial charge in [0.1, 0.15) is 11.6 Å². The van der Waals surface area contributed by atoms with Crippen LogP contribution in [0.4, 0.5) is 5.69 Å². The van der Waals surface area contributed by atoms with Crippen molar-refractivity contribution in [3.63, 3.8) is 0 Å². The van der Waals surface area contributed by atoms with Crippen LogP contribution in [-0.4, -0.2) is 20.9 Å². The van der Waals surface area contributed by atoms with Crippen LogP contribution in [0.25, 0.3) is 11.1 Å². The minimum Gasteiger partial charge on any atom is -0.438 e. The van der Waals surface area contributed by atoms with E-state index in [4.69, 9.17) is 10.2 Å². The van der Waals surface area contributed by atoms with Crippen molar-refractivity contribution in [1.82, 2.24) is 4.98 Å². The summed E-state index contributed by atoms with van der Waals surface area (Å²) < 4.78 is 5.60. The van der Waals surface area contributed by atoms with Crippen molar-refractivity contribution in [3.8, 4) is 0 Å². The molecule has 3 rings (SSSR count).